The number of benzene rings is 2. The Bertz CT molecular complexity index is 1200. The Labute approximate surface area is 163 Å². The predicted octanol–water partition coefficient (Wildman–Crippen LogP) is 5.48. The molecular formula is C20H13ClF3N3O. The number of rotatable bonds is 3. The summed E-state index contributed by atoms with van der Waals surface area (Å²) in [5.74, 6) is -2.01. The second-order valence-corrected chi connectivity index (χ2v) is 6.44. The highest BCUT2D eigenvalue weighted by Gasteiger charge is 2.25. The molecular weight excluding hydrogens is 391 g/mol. The van der Waals surface area contributed by atoms with E-state index in [1.807, 2.05) is 18.2 Å². The van der Waals surface area contributed by atoms with E-state index in [9.17, 15) is 13.2 Å². The SMILES string of the molecule is COc1cc(-n2c(C)nc(Cl)c2-c2c(F)cc(F)cc2F)nc2ccccc12. The van der Waals surface area contributed by atoms with Gasteiger partial charge in [0.1, 0.15) is 34.8 Å². The number of fused-ring (bicyclic) bond motifs is 1. The summed E-state index contributed by atoms with van der Waals surface area (Å²) in [6.07, 6.45) is 0. The largest absolute Gasteiger partial charge is 0.496 e. The normalized spacial score (nSPS) is 11.2. The van der Waals surface area contributed by atoms with Gasteiger partial charge in [-0.2, -0.15) is 0 Å². The summed E-state index contributed by atoms with van der Waals surface area (Å²) in [5, 5.41) is 0.647. The molecule has 0 aliphatic carbocycles. The Morgan fingerprint density at radius 3 is 2.36 bits per heavy atom. The fraction of sp³-hybridized carbons (Fsp3) is 0.100. The summed E-state index contributed by atoms with van der Waals surface area (Å²) >= 11 is 6.19. The number of hydrogen-bond acceptors (Lipinski definition) is 3. The number of methoxy groups -OCH3 is 1. The Kier molecular flexibility index (Phi) is 4.47. The first kappa shape index (κ1) is 18.3. The van der Waals surface area contributed by atoms with Gasteiger partial charge in [-0.15, -0.1) is 0 Å². The molecule has 0 aliphatic heterocycles. The molecule has 0 saturated heterocycles. The van der Waals surface area contributed by atoms with Crippen LogP contribution in [0.2, 0.25) is 5.15 Å². The lowest BCUT2D eigenvalue weighted by molar-refractivity contribution is 0.419. The van der Waals surface area contributed by atoms with Gasteiger partial charge < -0.3 is 4.74 Å². The predicted molar refractivity (Wildman–Crippen MR) is 100 cm³/mol. The number of halogens is 4. The van der Waals surface area contributed by atoms with Crippen molar-refractivity contribution in [2.45, 2.75) is 6.92 Å². The molecule has 0 spiro atoms. The number of pyridine rings is 1. The summed E-state index contributed by atoms with van der Waals surface area (Å²) in [7, 11) is 1.51. The fourth-order valence-corrected chi connectivity index (χ4v) is 3.48. The molecule has 2 heterocycles. The van der Waals surface area contributed by atoms with Gasteiger partial charge in [-0.05, 0) is 19.1 Å². The van der Waals surface area contributed by atoms with Gasteiger partial charge in [-0.25, -0.2) is 23.1 Å². The van der Waals surface area contributed by atoms with E-state index in [-0.39, 0.29) is 10.8 Å². The Hall–Kier alpha value is -3.06. The first-order chi connectivity index (χ1) is 13.4. The number of imidazole rings is 1. The molecule has 4 rings (SSSR count). The minimum absolute atomic E-state index is 0.0565. The van der Waals surface area contributed by atoms with Gasteiger partial charge in [0.15, 0.2) is 5.15 Å². The van der Waals surface area contributed by atoms with E-state index in [1.165, 1.54) is 11.7 Å². The van der Waals surface area contributed by atoms with Crippen molar-refractivity contribution >= 4 is 22.5 Å². The standard InChI is InChI=1S/C20H13ClF3N3O/c1-10-25-20(21)19(18-13(23)7-11(22)8-14(18)24)27(10)17-9-16(28-2)12-5-3-4-6-15(12)26-17/h3-9H,1-2H3. The lowest BCUT2D eigenvalue weighted by Crippen LogP contribution is -2.05. The van der Waals surface area contributed by atoms with Crippen LogP contribution in [0.1, 0.15) is 5.82 Å². The third-order valence-corrected chi connectivity index (χ3v) is 4.62. The second-order valence-electron chi connectivity index (χ2n) is 6.08. The molecule has 0 radical (unpaired) electrons. The molecule has 0 N–H and O–H groups in total. The summed E-state index contributed by atoms with van der Waals surface area (Å²) in [4.78, 5) is 8.68. The lowest BCUT2D eigenvalue weighted by atomic mass is 10.1. The Morgan fingerprint density at radius 2 is 1.68 bits per heavy atom. The Morgan fingerprint density at radius 1 is 1.00 bits per heavy atom. The third-order valence-electron chi connectivity index (χ3n) is 4.36. The molecule has 2 aromatic carbocycles. The second kappa shape index (κ2) is 6.83. The molecule has 4 nitrogen and oxygen atoms in total. The van der Waals surface area contributed by atoms with E-state index in [4.69, 9.17) is 16.3 Å². The molecule has 0 aliphatic rings. The minimum atomic E-state index is -1.09. The molecule has 2 aromatic heterocycles. The third kappa shape index (κ3) is 2.88. The Balaban J connectivity index is 2.05. The molecule has 28 heavy (non-hydrogen) atoms. The highest BCUT2D eigenvalue weighted by atomic mass is 35.5. The minimum Gasteiger partial charge on any atom is -0.496 e. The van der Waals surface area contributed by atoms with Crippen molar-refractivity contribution in [3.05, 3.63) is 70.9 Å². The average molecular weight is 404 g/mol. The quantitative estimate of drug-likeness (QED) is 0.455. The lowest BCUT2D eigenvalue weighted by Gasteiger charge is -2.14. The van der Waals surface area contributed by atoms with E-state index in [0.29, 0.717) is 35.0 Å². The fourth-order valence-electron chi connectivity index (χ4n) is 3.18. The molecule has 142 valence electrons. The van der Waals surface area contributed by atoms with E-state index in [0.717, 1.165) is 5.39 Å². The van der Waals surface area contributed by atoms with Crippen molar-refractivity contribution in [2.75, 3.05) is 7.11 Å². The van der Waals surface area contributed by atoms with Gasteiger partial charge in [0.25, 0.3) is 0 Å². The van der Waals surface area contributed by atoms with Gasteiger partial charge in [0.05, 0.1) is 23.9 Å². The molecule has 0 bridgehead atoms. The number of para-hydroxylation sites is 1. The van der Waals surface area contributed by atoms with E-state index in [2.05, 4.69) is 9.97 Å². The maximum Gasteiger partial charge on any atom is 0.156 e. The molecule has 0 fully saturated rings. The van der Waals surface area contributed by atoms with Gasteiger partial charge >= 0.3 is 0 Å². The van der Waals surface area contributed by atoms with Crippen LogP contribution in [0.15, 0.2) is 42.5 Å². The molecule has 0 amide bonds. The van der Waals surface area contributed by atoms with Gasteiger partial charge in [0, 0.05) is 23.6 Å². The first-order valence-corrected chi connectivity index (χ1v) is 8.62. The van der Waals surface area contributed by atoms with Crippen LogP contribution in [0, 0.1) is 24.4 Å². The topological polar surface area (TPSA) is 39.9 Å². The number of aromatic nitrogens is 3. The van der Waals surface area contributed by atoms with Crippen LogP contribution < -0.4 is 4.74 Å². The summed E-state index contributed by atoms with van der Waals surface area (Å²) < 4.78 is 49.1. The van der Waals surface area contributed by atoms with Crippen LogP contribution >= 0.6 is 11.6 Å². The number of nitrogens with zero attached hydrogens (tertiary/aromatic N) is 3. The van der Waals surface area contributed by atoms with Crippen LogP contribution in [0.5, 0.6) is 5.75 Å². The summed E-state index contributed by atoms with van der Waals surface area (Å²) in [6.45, 7) is 1.62. The summed E-state index contributed by atoms with van der Waals surface area (Å²) in [6, 6.07) is 10.1. The van der Waals surface area contributed by atoms with E-state index < -0.39 is 23.0 Å². The maximum atomic E-state index is 14.5. The van der Waals surface area contributed by atoms with Crippen LogP contribution in [-0.2, 0) is 0 Å². The molecule has 0 unspecified atom stereocenters. The summed E-state index contributed by atoms with van der Waals surface area (Å²) in [5.41, 5.74) is 0.0759. The van der Waals surface area contributed by atoms with Crippen molar-refractivity contribution in [2.24, 2.45) is 0 Å². The number of aryl methyl sites for hydroxylation is 1. The van der Waals surface area contributed by atoms with Gasteiger partial charge in [-0.3, -0.25) is 4.57 Å². The maximum absolute atomic E-state index is 14.5. The number of ether oxygens (including phenoxy) is 1. The molecule has 0 atom stereocenters. The zero-order valence-electron chi connectivity index (χ0n) is 14.8. The highest BCUT2D eigenvalue weighted by Crippen LogP contribution is 2.36. The van der Waals surface area contributed by atoms with E-state index in [1.54, 1.807) is 19.1 Å². The van der Waals surface area contributed by atoms with Crippen LogP contribution in [0.3, 0.4) is 0 Å². The van der Waals surface area contributed by atoms with Crippen molar-refractivity contribution in [1.29, 1.82) is 0 Å². The van der Waals surface area contributed by atoms with Gasteiger partial charge in [-0.1, -0.05) is 23.7 Å². The van der Waals surface area contributed by atoms with Crippen LogP contribution in [0.4, 0.5) is 13.2 Å². The van der Waals surface area contributed by atoms with E-state index >= 15 is 0 Å². The van der Waals surface area contributed by atoms with Crippen LogP contribution in [-0.4, -0.2) is 21.6 Å². The monoisotopic (exact) mass is 403 g/mol. The average Bonchev–Trinajstić information content (AvgIpc) is 2.94. The first-order valence-electron chi connectivity index (χ1n) is 8.24. The van der Waals surface area contributed by atoms with Gasteiger partial charge in [0.2, 0.25) is 0 Å². The smallest absolute Gasteiger partial charge is 0.156 e. The van der Waals surface area contributed by atoms with Crippen molar-refractivity contribution in [1.82, 2.24) is 14.5 Å². The van der Waals surface area contributed by atoms with Crippen molar-refractivity contribution in [3.63, 3.8) is 0 Å². The van der Waals surface area contributed by atoms with Crippen molar-refractivity contribution < 1.29 is 17.9 Å². The highest BCUT2D eigenvalue weighted by molar-refractivity contribution is 6.32. The molecule has 8 heteroatoms. The number of hydrogen-bond donors (Lipinski definition) is 0. The molecule has 4 aromatic rings. The van der Waals surface area contributed by atoms with Crippen LogP contribution in [0.25, 0.3) is 28.0 Å². The zero-order valence-corrected chi connectivity index (χ0v) is 15.6. The zero-order chi connectivity index (χ0) is 20.0. The molecule has 0 saturated carbocycles. The van der Waals surface area contributed by atoms with Crippen molar-refractivity contribution in [3.8, 4) is 22.8 Å².